The number of nitrogens with one attached hydrogen (secondary N) is 2. The molecule has 0 aliphatic rings. The van der Waals surface area contributed by atoms with Crippen LogP contribution in [0, 0.1) is 5.82 Å². The third-order valence-corrected chi connectivity index (χ3v) is 3.42. The molecule has 23 heavy (non-hydrogen) atoms. The third kappa shape index (κ3) is 5.84. The minimum Gasteiger partial charge on any atom is -0.387 e. The number of aliphatic hydroxyl groups excluding tert-OH is 1. The molecule has 1 aromatic carbocycles. The van der Waals surface area contributed by atoms with Crippen LogP contribution in [0.5, 0.6) is 0 Å². The molecule has 7 heteroatoms. The highest BCUT2D eigenvalue weighted by Crippen LogP contribution is 2.12. The lowest BCUT2D eigenvalue weighted by Crippen LogP contribution is -2.38. The molecule has 0 saturated heterocycles. The van der Waals surface area contributed by atoms with E-state index in [4.69, 9.17) is 11.6 Å². The van der Waals surface area contributed by atoms with Gasteiger partial charge in [-0.2, -0.15) is 0 Å². The van der Waals surface area contributed by atoms with Gasteiger partial charge in [0.25, 0.3) is 0 Å². The average Bonchev–Trinajstić information content (AvgIpc) is 2.55. The SMILES string of the molecule is O=C(NCCc1ccc(Cl)nc1)NCC(O)c1ccc(F)cc1. The van der Waals surface area contributed by atoms with Crippen LogP contribution in [0.1, 0.15) is 17.2 Å². The van der Waals surface area contributed by atoms with Gasteiger partial charge in [-0.25, -0.2) is 14.2 Å². The van der Waals surface area contributed by atoms with Gasteiger partial charge in [-0.15, -0.1) is 0 Å². The maximum Gasteiger partial charge on any atom is 0.314 e. The van der Waals surface area contributed by atoms with E-state index in [0.717, 1.165) is 5.56 Å². The highest BCUT2D eigenvalue weighted by Gasteiger charge is 2.09. The van der Waals surface area contributed by atoms with Crippen LogP contribution < -0.4 is 10.6 Å². The zero-order valence-electron chi connectivity index (χ0n) is 12.3. The van der Waals surface area contributed by atoms with Gasteiger partial charge >= 0.3 is 6.03 Å². The maximum atomic E-state index is 12.8. The molecule has 2 amide bonds. The van der Waals surface area contributed by atoms with Crippen molar-refractivity contribution < 1.29 is 14.3 Å². The number of nitrogens with zero attached hydrogens (tertiary/aromatic N) is 1. The Balaban J connectivity index is 1.68. The average molecular weight is 338 g/mol. The van der Waals surface area contributed by atoms with Crippen LogP contribution in [0.2, 0.25) is 5.15 Å². The van der Waals surface area contributed by atoms with E-state index in [1.165, 1.54) is 24.3 Å². The zero-order chi connectivity index (χ0) is 16.7. The first kappa shape index (κ1) is 17.2. The summed E-state index contributed by atoms with van der Waals surface area (Å²) in [5.74, 6) is -0.372. The first-order valence-electron chi connectivity index (χ1n) is 7.10. The fourth-order valence-corrected chi connectivity index (χ4v) is 2.04. The molecule has 0 spiro atoms. The Morgan fingerprint density at radius 1 is 1.22 bits per heavy atom. The van der Waals surface area contributed by atoms with E-state index in [0.29, 0.717) is 23.7 Å². The summed E-state index contributed by atoms with van der Waals surface area (Å²) in [7, 11) is 0. The quantitative estimate of drug-likeness (QED) is 0.709. The van der Waals surface area contributed by atoms with Crippen molar-refractivity contribution >= 4 is 17.6 Å². The molecule has 1 atom stereocenters. The molecular formula is C16H17ClFN3O2. The number of aliphatic hydroxyl groups is 1. The normalized spacial score (nSPS) is 11.8. The van der Waals surface area contributed by atoms with Crippen LogP contribution in [0.4, 0.5) is 9.18 Å². The van der Waals surface area contributed by atoms with Crippen molar-refractivity contribution in [3.8, 4) is 0 Å². The minimum absolute atomic E-state index is 0.0416. The van der Waals surface area contributed by atoms with Crippen molar-refractivity contribution in [2.75, 3.05) is 13.1 Å². The Morgan fingerprint density at radius 3 is 2.61 bits per heavy atom. The molecule has 0 radical (unpaired) electrons. The van der Waals surface area contributed by atoms with E-state index < -0.39 is 6.10 Å². The van der Waals surface area contributed by atoms with E-state index in [1.54, 1.807) is 12.3 Å². The van der Waals surface area contributed by atoms with Crippen LogP contribution in [-0.2, 0) is 6.42 Å². The van der Waals surface area contributed by atoms with Crippen molar-refractivity contribution in [3.63, 3.8) is 0 Å². The van der Waals surface area contributed by atoms with Crippen molar-refractivity contribution in [3.05, 3.63) is 64.7 Å². The second kappa shape index (κ2) is 8.45. The molecule has 5 nitrogen and oxygen atoms in total. The Hall–Kier alpha value is -2.18. The number of benzene rings is 1. The van der Waals surface area contributed by atoms with Crippen LogP contribution in [0.15, 0.2) is 42.6 Å². The summed E-state index contributed by atoms with van der Waals surface area (Å²) in [5.41, 5.74) is 1.50. The first-order valence-corrected chi connectivity index (χ1v) is 7.48. The number of halogens is 2. The van der Waals surface area contributed by atoms with Gasteiger partial charge in [0.15, 0.2) is 0 Å². The number of carbonyl (C=O) groups excluding carboxylic acids is 1. The molecule has 1 heterocycles. The molecule has 1 aromatic heterocycles. The molecular weight excluding hydrogens is 321 g/mol. The summed E-state index contributed by atoms with van der Waals surface area (Å²) >= 11 is 5.69. The van der Waals surface area contributed by atoms with Crippen molar-refractivity contribution in [1.82, 2.24) is 15.6 Å². The molecule has 0 aliphatic heterocycles. The van der Waals surface area contributed by atoms with Crippen molar-refractivity contribution in [2.45, 2.75) is 12.5 Å². The second-order valence-corrected chi connectivity index (χ2v) is 5.33. The lowest BCUT2D eigenvalue weighted by atomic mass is 10.1. The fraction of sp³-hybridized carbons (Fsp3) is 0.250. The summed E-state index contributed by atoms with van der Waals surface area (Å²) in [6, 6.07) is 8.63. The Morgan fingerprint density at radius 2 is 1.96 bits per heavy atom. The Kier molecular flexibility index (Phi) is 6.31. The van der Waals surface area contributed by atoms with Gasteiger partial charge in [-0.05, 0) is 35.7 Å². The molecule has 0 fully saturated rings. The lowest BCUT2D eigenvalue weighted by Gasteiger charge is -2.13. The molecule has 0 aliphatic carbocycles. The van der Waals surface area contributed by atoms with Crippen LogP contribution in [-0.4, -0.2) is 29.2 Å². The zero-order valence-corrected chi connectivity index (χ0v) is 13.1. The Labute approximate surface area is 138 Å². The Bertz CT molecular complexity index is 635. The van der Waals surface area contributed by atoms with Crippen molar-refractivity contribution in [1.29, 1.82) is 0 Å². The van der Waals surface area contributed by atoms with Crippen molar-refractivity contribution in [2.24, 2.45) is 0 Å². The third-order valence-electron chi connectivity index (χ3n) is 3.20. The maximum absolute atomic E-state index is 12.8. The van der Waals surface area contributed by atoms with Gasteiger partial charge in [-0.3, -0.25) is 0 Å². The highest BCUT2D eigenvalue weighted by atomic mass is 35.5. The van der Waals surface area contributed by atoms with E-state index in [2.05, 4.69) is 15.6 Å². The number of amides is 2. The number of rotatable bonds is 6. The molecule has 0 bridgehead atoms. The number of aromatic nitrogens is 1. The molecule has 2 rings (SSSR count). The predicted octanol–water partition coefficient (Wildman–Crippen LogP) is 2.45. The number of pyridine rings is 1. The smallest absolute Gasteiger partial charge is 0.314 e. The number of urea groups is 1. The van der Waals surface area contributed by atoms with Gasteiger partial charge in [0.2, 0.25) is 0 Å². The number of hydrogen-bond donors (Lipinski definition) is 3. The summed E-state index contributed by atoms with van der Waals surface area (Å²) in [4.78, 5) is 15.6. The van der Waals surface area contributed by atoms with Crippen LogP contribution in [0.3, 0.4) is 0 Å². The van der Waals surface area contributed by atoms with Gasteiger partial charge < -0.3 is 15.7 Å². The van der Waals surface area contributed by atoms with E-state index in [9.17, 15) is 14.3 Å². The van der Waals surface area contributed by atoms with Crippen LogP contribution >= 0.6 is 11.6 Å². The van der Waals surface area contributed by atoms with Gasteiger partial charge in [-0.1, -0.05) is 29.8 Å². The monoisotopic (exact) mass is 337 g/mol. The number of hydrogen-bond acceptors (Lipinski definition) is 3. The van der Waals surface area contributed by atoms with E-state index in [-0.39, 0.29) is 18.4 Å². The predicted molar refractivity (Wildman–Crippen MR) is 85.7 cm³/mol. The van der Waals surface area contributed by atoms with E-state index in [1.807, 2.05) is 6.07 Å². The standard InChI is InChI=1S/C16H17ClFN3O2/c17-15-6-1-11(9-20-15)7-8-19-16(23)21-10-14(22)12-2-4-13(18)5-3-12/h1-6,9,14,22H,7-8,10H2,(H2,19,21,23). The molecule has 122 valence electrons. The van der Waals surface area contributed by atoms with Gasteiger partial charge in [0.05, 0.1) is 6.10 Å². The largest absolute Gasteiger partial charge is 0.387 e. The molecule has 0 saturated carbocycles. The van der Waals surface area contributed by atoms with Gasteiger partial charge in [0.1, 0.15) is 11.0 Å². The first-order chi connectivity index (χ1) is 11.0. The second-order valence-electron chi connectivity index (χ2n) is 4.94. The van der Waals surface area contributed by atoms with Gasteiger partial charge in [0, 0.05) is 19.3 Å². The van der Waals surface area contributed by atoms with Crippen LogP contribution in [0.25, 0.3) is 0 Å². The fourth-order valence-electron chi connectivity index (χ4n) is 1.93. The minimum atomic E-state index is -0.887. The number of carbonyl (C=O) groups is 1. The topological polar surface area (TPSA) is 74.2 Å². The lowest BCUT2D eigenvalue weighted by molar-refractivity contribution is 0.173. The molecule has 1 unspecified atom stereocenters. The molecule has 3 N–H and O–H groups in total. The van der Waals surface area contributed by atoms with E-state index >= 15 is 0 Å². The summed E-state index contributed by atoms with van der Waals surface area (Å²) in [5, 5.41) is 15.6. The summed E-state index contributed by atoms with van der Waals surface area (Å²) in [6.07, 6.45) is 1.39. The molecule has 2 aromatic rings. The summed E-state index contributed by atoms with van der Waals surface area (Å²) in [6.45, 7) is 0.474. The summed E-state index contributed by atoms with van der Waals surface area (Å²) < 4.78 is 12.8. The highest BCUT2D eigenvalue weighted by molar-refractivity contribution is 6.29.